The van der Waals surface area contributed by atoms with Crippen molar-refractivity contribution in [3.05, 3.63) is 63.1 Å². The van der Waals surface area contributed by atoms with Crippen LogP contribution in [0.25, 0.3) is 0 Å². The van der Waals surface area contributed by atoms with Crippen LogP contribution in [0.4, 0.5) is 0 Å². The van der Waals surface area contributed by atoms with Crippen molar-refractivity contribution in [1.82, 2.24) is 15.1 Å². The Morgan fingerprint density at radius 1 is 1.19 bits per heavy atom. The largest absolute Gasteiger partial charge is 0.351 e. The highest BCUT2D eigenvalue weighted by atomic mass is 16.2. The number of carbonyl (C=O) groups is 1. The number of aromatic nitrogens is 2. The average Bonchev–Trinajstić information content (AvgIpc) is 2.88. The number of benzene rings is 1. The molecule has 1 aromatic heterocycles. The monoisotopic (exact) mass is 367 g/mol. The highest BCUT2D eigenvalue weighted by Gasteiger charge is 2.16. The van der Waals surface area contributed by atoms with Crippen LogP contribution in [-0.2, 0) is 30.6 Å². The van der Waals surface area contributed by atoms with Crippen LogP contribution < -0.4 is 10.9 Å². The van der Waals surface area contributed by atoms with E-state index >= 15 is 0 Å². The van der Waals surface area contributed by atoms with E-state index in [0.29, 0.717) is 13.0 Å². The van der Waals surface area contributed by atoms with Crippen LogP contribution in [0.2, 0.25) is 0 Å². The fraction of sp³-hybridized carbons (Fsp3) is 0.500. The van der Waals surface area contributed by atoms with Gasteiger partial charge in [0.1, 0.15) is 0 Å². The molecule has 2 aromatic rings. The lowest BCUT2D eigenvalue weighted by Crippen LogP contribution is -2.41. The first kappa shape index (κ1) is 19.3. The fourth-order valence-corrected chi connectivity index (χ4v) is 3.56. The zero-order valence-corrected chi connectivity index (χ0v) is 16.3. The molecule has 27 heavy (non-hydrogen) atoms. The van der Waals surface area contributed by atoms with Gasteiger partial charge in [0.15, 0.2) is 0 Å². The highest BCUT2D eigenvalue weighted by Crippen LogP contribution is 2.17. The summed E-state index contributed by atoms with van der Waals surface area (Å²) >= 11 is 0. The van der Waals surface area contributed by atoms with E-state index in [2.05, 4.69) is 10.4 Å². The molecule has 0 saturated heterocycles. The summed E-state index contributed by atoms with van der Waals surface area (Å²) in [7, 11) is 0. The van der Waals surface area contributed by atoms with Gasteiger partial charge in [-0.15, -0.1) is 0 Å². The molecule has 5 nitrogen and oxygen atoms in total. The normalized spacial score (nSPS) is 14.9. The second-order valence-electron chi connectivity index (χ2n) is 7.53. The molecule has 1 atom stereocenters. The van der Waals surface area contributed by atoms with E-state index in [1.54, 1.807) is 6.07 Å². The number of fused-ring (bicyclic) bond motifs is 1. The van der Waals surface area contributed by atoms with Crippen LogP contribution in [0.15, 0.2) is 35.1 Å². The van der Waals surface area contributed by atoms with Crippen LogP contribution in [0.1, 0.15) is 55.0 Å². The van der Waals surface area contributed by atoms with Crippen molar-refractivity contribution < 1.29 is 4.79 Å². The first-order chi connectivity index (χ1) is 13.0. The van der Waals surface area contributed by atoms with Gasteiger partial charge in [-0.3, -0.25) is 9.59 Å². The molecule has 0 radical (unpaired) electrons. The minimum atomic E-state index is -0.100. The van der Waals surface area contributed by atoms with Crippen LogP contribution in [0.5, 0.6) is 0 Å². The number of amides is 1. The highest BCUT2D eigenvalue weighted by molar-refractivity contribution is 5.78. The minimum absolute atomic E-state index is 0.0199. The van der Waals surface area contributed by atoms with Gasteiger partial charge in [-0.2, -0.15) is 5.10 Å². The molecule has 1 aliphatic carbocycles. The van der Waals surface area contributed by atoms with Crippen molar-refractivity contribution in [2.24, 2.45) is 0 Å². The van der Waals surface area contributed by atoms with E-state index in [-0.39, 0.29) is 17.5 Å². The van der Waals surface area contributed by atoms with Gasteiger partial charge >= 0.3 is 0 Å². The third-order valence-electron chi connectivity index (χ3n) is 5.26. The topological polar surface area (TPSA) is 64.0 Å². The van der Waals surface area contributed by atoms with Crippen molar-refractivity contribution in [1.29, 1.82) is 0 Å². The predicted octanol–water partition coefficient (Wildman–Crippen LogP) is 2.96. The molecule has 5 heteroatoms. The minimum Gasteiger partial charge on any atom is -0.351 e. The summed E-state index contributed by atoms with van der Waals surface area (Å²) in [5.41, 5.74) is 4.26. The molecule has 1 amide bonds. The summed E-state index contributed by atoms with van der Waals surface area (Å²) in [6, 6.07) is 9.63. The molecule has 0 fully saturated rings. The number of rotatable bonds is 6. The van der Waals surface area contributed by atoms with Gasteiger partial charge in [0.2, 0.25) is 5.91 Å². The second kappa shape index (κ2) is 8.98. The summed E-state index contributed by atoms with van der Waals surface area (Å²) in [4.78, 5) is 24.9. The number of aryl methyl sites for hydroxylation is 3. The van der Waals surface area contributed by atoms with Gasteiger partial charge in [0, 0.05) is 12.1 Å². The molecule has 0 bridgehead atoms. The van der Waals surface area contributed by atoms with Gasteiger partial charge < -0.3 is 5.32 Å². The Bertz CT molecular complexity index is 840. The standard InChI is InChI=1S/C22H29N3O2/c1-3-19(23-21(26)13-17-11-9-16(2)10-12-17)15-25-22(27)14-18-7-5-4-6-8-20(18)24-25/h9-12,14,19H,3-8,13,15H2,1-2H3,(H,23,26)/t19-/m0/s1. The summed E-state index contributed by atoms with van der Waals surface area (Å²) in [6.07, 6.45) is 6.44. The Morgan fingerprint density at radius 3 is 2.67 bits per heavy atom. The Hall–Kier alpha value is -2.43. The molecule has 0 unspecified atom stereocenters. The van der Waals surface area contributed by atoms with Gasteiger partial charge in [-0.05, 0) is 50.2 Å². The maximum atomic E-state index is 12.5. The quantitative estimate of drug-likeness (QED) is 0.799. The van der Waals surface area contributed by atoms with Crippen molar-refractivity contribution in [2.75, 3.05) is 0 Å². The maximum absolute atomic E-state index is 12.5. The zero-order valence-electron chi connectivity index (χ0n) is 16.3. The van der Waals surface area contributed by atoms with E-state index in [9.17, 15) is 9.59 Å². The van der Waals surface area contributed by atoms with Crippen LogP contribution in [-0.4, -0.2) is 21.7 Å². The van der Waals surface area contributed by atoms with E-state index < -0.39 is 0 Å². The second-order valence-corrected chi connectivity index (χ2v) is 7.53. The third-order valence-corrected chi connectivity index (χ3v) is 5.26. The fourth-order valence-electron chi connectivity index (χ4n) is 3.56. The number of hydrogen-bond acceptors (Lipinski definition) is 3. The summed E-state index contributed by atoms with van der Waals surface area (Å²) < 4.78 is 1.53. The van der Waals surface area contributed by atoms with E-state index in [1.807, 2.05) is 38.1 Å². The van der Waals surface area contributed by atoms with Crippen LogP contribution >= 0.6 is 0 Å². The first-order valence-electron chi connectivity index (χ1n) is 10.00. The smallest absolute Gasteiger partial charge is 0.267 e. The number of carbonyl (C=O) groups excluding carboxylic acids is 1. The number of hydrogen-bond donors (Lipinski definition) is 1. The lowest BCUT2D eigenvalue weighted by atomic mass is 10.1. The van der Waals surface area contributed by atoms with Gasteiger partial charge in [-0.1, -0.05) is 43.2 Å². The summed E-state index contributed by atoms with van der Waals surface area (Å²) in [5, 5.41) is 7.67. The van der Waals surface area contributed by atoms with E-state index in [4.69, 9.17) is 0 Å². The Balaban J connectivity index is 1.66. The summed E-state index contributed by atoms with van der Waals surface area (Å²) in [5.74, 6) is -0.0199. The van der Waals surface area contributed by atoms with Crippen molar-refractivity contribution in [2.45, 2.75) is 71.4 Å². The molecular formula is C22H29N3O2. The molecule has 1 aliphatic rings. The molecule has 3 rings (SSSR count). The number of nitrogens with zero attached hydrogens (tertiary/aromatic N) is 2. The number of nitrogens with one attached hydrogen (secondary N) is 1. The summed E-state index contributed by atoms with van der Waals surface area (Å²) in [6.45, 7) is 4.47. The van der Waals surface area contributed by atoms with Crippen molar-refractivity contribution in [3.8, 4) is 0 Å². The molecule has 0 spiro atoms. The Labute approximate surface area is 160 Å². The van der Waals surface area contributed by atoms with Crippen molar-refractivity contribution >= 4 is 5.91 Å². The molecule has 0 aliphatic heterocycles. The molecule has 0 saturated carbocycles. The van der Waals surface area contributed by atoms with Gasteiger partial charge in [-0.25, -0.2) is 4.68 Å². The third kappa shape index (κ3) is 5.28. The maximum Gasteiger partial charge on any atom is 0.267 e. The first-order valence-corrected chi connectivity index (χ1v) is 10.00. The molecule has 1 N–H and O–H groups in total. The van der Waals surface area contributed by atoms with Crippen LogP contribution in [0, 0.1) is 6.92 Å². The average molecular weight is 367 g/mol. The van der Waals surface area contributed by atoms with Gasteiger partial charge in [0.25, 0.3) is 5.56 Å². The SMILES string of the molecule is CC[C@@H](Cn1nc2c(cc1=O)CCCCC2)NC(=O)Cc1ccc(C)cc1. The molecular weight excluding hydrogens is 338 g/mol. The lowest BCUT2D eigenvalue weighted by molar-refractivity contribution is -0.121. The van der Waals surface area contributed by atoms with Crippen LogP contribution in [0.3, 0.4) is 0 Å². The van der Waals surface area contributed by atoms with E-state index in [1.165, 1.54) is 16.7 Å². The molecule has 144 valence electrons. The molecule has 1 aromatic carbocycles. The van der Waals surface area contributed by atoms with Crippen molar-refractivity contribution in [3.63, 3.8) is 0 Å². The lowest BCUT2D eigenvalue weighted by Gasteiger charge is -2.19. The zero-order chi connectivity index (χ0) is 19.2. The Kier molecular flexibility index (Phi) is 6.43. The molecule has 1 heterocycles. The predicted molar refractivity (Wildman–Crippen MR) is 107 cm³/mol. The van der Waals surface area contributed by atoms with E-state index in [0.717, 1.165) is 48.9 Å². The van der Waals surface area contributed by atoms with Gasteiger partial charge in [0.05, 0.1) is 18.7 Å². The Morgan fingerprint density at radius 2 is 1.93 bits per heavy atom.